The number of carbonyl (C=O) groups is 1. The van der Waals surface area contributed by atoms with Gasteiger partial charge in [0, 0.05) is 12.7 Å². The third-order valence-electron chi connectivity index (χ3n) is 4.93. The van der Waals surface area contributed by atoms with Crippen molar-refractivity contribution in [3.8, 4) is 5.75 Å². The zero-order valence-corrected chi connectivity index (χ0v) is 15.6. The Morgan fingerprint density at radius 1 is 1.04 bits per heavy atom. The number of hydrogen-bond acceptors (Lipinski definition) is 3. The molecule has 1 aliphatic carbocycles. The van der Waals surface area contributed by atoms with Gasteiger partial charge in [-0.1, -0.05) is 42.5 Å². The summed E-state index contributed by atoms with van der Waals surface area (Å²) in [6, 6.07) is 21.7. The Labute approximate surface area is 164 Å². The van der Waals surface area contributed by atoms with E-state index in [-0.39, 0.29) is 12.1 Å². The second-order valence-electron chi connectivity index (χ2n) is 6.87. The third kappa shape index (κ3) is 4.49. The fraction of sp³-hybridized carbons (Fsp3) is 0.217. The van der Waals surface area contributed by atoms with E-state index >= 15 is 0 Å². The number of nitrogens with zero attached hydrogens (tertiary/aromatic N) is 1. The van der Waals surface area contributed by atoms with Gasteiger partial charge in [-0.3, -0.25) is 4.98 Å². The topological polar surface area (TPSA) is 63.2 Å². The highest BCUT2D eigenvalue weighted by Crippen LogP contribution is 2.30. The van der Waals surface area contributed by atoms with E-state index in [0.29, 0.717) is 13.2 Å². The molecule has 0 bridgehead atoms. The van der Waals surface area contributed by atoms with E-state index < -0.39 is 0 Å². The molecule has 0 fully saturated rings. The molecule has 2 aromatic carbocycles. The Morgan fingerprint density at radius 3 is 2.68 bits per heavy atom. The molecule has 2 N–H and O–H groups in total. The first-order valence-electron chi connectivity index (χ1n) is 9.52. The number of ether oxygens (including phenoxy) is 1. The monoisotopic (exact) mass is 373 g/mol. The van der Waals surface area contributed by atoms with Gasteiger partial charge in [0.15, 0.2) is 0 Å². The molecule has 0 saturated carbocycles. The number of benzene rings is 2. The van der Waals surface area contributed by atoms with Crippen molar-refractivity contribution >= 4 is 6.03 Å². The number of nitrogens with one attached hydrogen (secondary N) is 2. The Bertz CT molecular complexity index is 926. The number of urea groups is 1. The van der Waals surface area contributed by atoms with Crippen molar-refractivity contribution in [3.63, 3.8) is 0 Å². The summed E-state index contributed by atoms with van der Waals surface area (Å²) in [6.45, 7) is 0.907. The summed E-state index contributed by atoms with van der Waals surface area (Å²) < 4.78 is 5.73. The summed E-state index contributed by atoms with van der Waals surface area (Å²) in [5, 5.41) is 6.01. The number of amides is 2. The van der Waals surface area contributed by atoms with Gasteiger partial charge in [-0.05, 0) is 53.8 Å². The van der Waals surface area contributed by atoms with Gasteiger partial charge in [-0.25, -0.2) is 4.79 Å². The van der Waals surface area contributed by atoms with Crippen molar-refractivity contribution in [3.05, 3.63) is 95.3 Å². The predicted octanol–water partition coefficient (Wildman–Crippen LogP) is 4.15. The van der Waals surface area contributed by atoms with E-state index in [2.05, 4.69) is 27.8 Å². The Balaban J connectivity index is 1.24. The zero-order chi connectivity index (χ0) is 19.2. The number of rotatable bonds is 6. The van der Waals surface area contributed by atoms with Crippen LogP contribution in [0.2, 0.25) is 0 Å². The van der Waals surface area contributed by atoms with Gasteiger partial charge in [0.1, 0.15) is 12.4 Å². The minimum absolute atomic E-state index is 0.0959. The first-order chi connectivity index (χ1) is 13.8. The van der Waals surface area contributed by atoms with E-state index in [9.17, 15) is 4.79 Å². The molecule has 0 radical (unpaired) electrons. The fourth-order valence-corrected chi connectivity index (χ4v) is 3.44. The molecule has 0 saturated heterocycles. The van der Waals surface area contributed by atoms with Crippen LogP contribution in [0.3, 0.4) is 0 Å². The summed E-state index contributed by atoms with van der Waals surface area (Å²) in [7, 11) is 0. The summed E-state index contributed by atoms with van der Waals surface area (Å²) >= 11 is 0. The molecule has 0 aliphatic heterocycles. The van der Waals surface area contributed by atoms with Gasteiger partial charge in [0.25, 0.3) is 0 Å². The lowest BCUT2D eigenvalue weighted by atomic mass is 10.1. The second kappa shape index (κ2) is 8.57. The lowest BCUT2D eigenvalue weighted by molar-refractivity contribution is 0.236. The number of aromatic nitrogens is 1. The molecule has 142 valence electrons. The minimum atomic E-state index is -0.141. The Kier molecular flexibility index (Phi) is 5.52. The van der Waals surface area contributed by atoms with Crippen molar-refractivity contribution in [1.82, 2.24) is 15.6 Å². The van der Waals surface area contributed by atoms with E-state index in [1.807, 2.05) is 54.6 Å². The van der Waals surface area contributed by atoms with Crippen LogP contribution in [0.15, 0.2) is 72.9 Å². The number of pyridine rings is 1. The van der Waals surface area contributed by atoms with Crippen molar-refractivity contribution in [1.29, 1.82) is 0 Å². The number of carbonyl (C=O) groups excluding carboxylic acids is 1. The normalized spacial score (nSPS) is 14.9. The van der Waals surface area contributed by atoms with Gasteiger partial charge in [0.2, 0.25) is 0 Å². The van der Waals surface area contributed by atoms with Crippen LogP contribution in [0, 0.1) is 0 Å². The van der Waals surface area contributed by atoms with Gasteiger partial charge < -0.3 is 15.4 Å². The van der Waals surface area contributed by atoms with E-state index in [4.69, 9.17) is 4.74 Å². The maximum absolute atomic E-state index is 12.3. The van der Waals surface area contributed by atoms with Crippen LogP contribution in [0.5, 0.6) is 5.75 Å². The average Bonchev–Trinajstić information content (AvgIpc) is 3.15. The van der Waals surface area contributed by atoms with E-state index in [1.54, 1.807) is 6.20 Å². The maximum Gasteiger partial charge on any atom is 0.315 e. The molecule has 1 heterocycles. The molecular formula is C23H23N3O2. The van der Waals surface area contributed by atoms with E-state index in [0.717, 1.165) is 29.8 Å². The zero-order valence-electron chi connectivity index (χ0n) is 15.6. The standard InChI is InChI=1S/C23H23N3O2/c27-23(26-22-13-10-18-5-1-2-7-21(18)22)25-15-17-8-11-20(12-9-17)28-16-19-6-3-4-14-24-19/h1-9,11-12,14,22H,10,13,15-16H2,(H2,25,26,27). The molecule has 5 heteroatoms. The van der Waals surface area contributed by atoms with Gasteiger partial charge in [-0.2, -0.15) is 0 Å². The highest BCUT2D eigenvalue weighted by atomic mass is 16.5. The summed E-state index contributed by atoms with van der Waals surface area (Å²) in [5.74, 6) is 0.779. The minimum Gasteiger partial charge on any atom is -0.487 e. The van der Waals surface area contributed by atoms with Crippen molar-refractivity contribution in [2.24, 2.45) is 0 Å². The second-order valence-corrected chi connectivity index (χ2v) is 6.87. The van der Waals surface area contributed by atoms with Crippen LogP contribution in [0.1, 0.15) is 34.8 Å². The Morgan fingerprint density at radius 2 is 1.86 bits per heavy atom. The van der Waals surface area contributed by atoms with Crippen LogP contribution in [0.25, 0.3) is 0 Å². The Hall–Kier alpha value is -3.34. The SMILES string of the molecule is O=C(NCc1ccc(OCc2ccccn2)cc1)NC1CCc2ccccc21. The smallest absolute Gasteiger partial charge is 0.315 e. The molecule has 1 unspecified atom stereocenters. The lowest BCUT2D eigenvalue weighted by Gasteiger charge is -2.15. The first kappa shape index (κ1) is 18.0. The fourth-order valence-electron chi connectivity index (χ4n) is 3.44. The average molecular weight is 373 g/mol. The van der Waals surface area contributed by atoms with Crippen LogP contribution in [-0.2, 0) is 19.6 Å². The van der Waals surface area contributed by atoms with Gasteiger partial charge >= 0.3 is 6.03 Å². The summed E-state index contributed by atoms with van der Waals surface area (Å²) in [4.78, 5) is 16.5. The first-order valence-corrected chi connectivity index (χ1v) is 9.52. The molecule has 5 nitrogen and oxygen atoms in total. The summed E-state index contributed by atoms with van der Waals surface area (Å²) in [5.41, 5.74) is 4.46. The summed E-state index contributed by atoms with van der Waals surface area (Å²) in [6.07, 6.45) is 3.72. The molecule has 1 aromatic heterocycles. The van der Waals surface area contributed by atoms with Crippen molar-refractivity contribution in [2.45, 2.75) is 32.0 Å². The largest absolute Gasteiger partial charge is 0.487 e. The molecule has 1 atom stereocenters. The number of fused-ring (bicyclic) bond motifs is 1. The molecule has 1 aliphatic rings. The number of hydrogen-bond donors (Lipinski definition) is 2. The molecule has 3 aromatic rings. The van der Waals surface area contributed by atoms with Crippen LogP contribution in [-0.4, -0.2) is 11.0 Å². The molecule has 28 heavy (non-hydrogen) atoms. The third-order valence-corrected chi connectivity index (χ3v) is 4.93. The highest BCUT2D eigenvalue weighted by Gasteiger charge is 2.23. The maximum atomic E-state index is 12.3. The van der Waals surface area contributed by atoms with Gasteiger partial charge in [0.05, 0.1) is 11.7 Å². The van der Waals surface area contributed by atoms with Crippen LogP contribution in [0.4, 0.5) is 4.79 Å². The number of aryl methyl sites for hydroxylation is 1. The molecule has 2 amide bonds. The van der Waals surface area contributed by atoms with Gasteiger partial charge in [-0.15, -0.1) is 0 Å². The predicted molar refractivity (Wildman–Crippen MR) is 108 cm³/mol. The quantitative estimate of drug-likeness (QED) is 0.682. The molecular weight excluding hydrogens is 350 g/mol. The molecule has 0 spiro atoms. The highest BCUT2D eigenvalue weighted by molar-refractivity contribution is 5.74. The van der Waals surface area contributed by atoms with Crippen LogP contribution < -0.4 is 15.4 Å². The van der Waals surface area contributed by atoms with Crippen molar-refractivity contribution < 1.29 is 9.53 Å². The van der Waals surface area contributed by atoms with E-state index in [1.165, 1.54) is 11.1 Å². The van der Waals surface area contributed by atoms with Crippen LogP contribution >= 0.6 is 0 Å². The lowest BCUT2D eigenvalue weighted by Crippen LogP contribution is -2.36. The van der Waals surface area contributed by atoms with Crippen molar-refractivity contribution in [2.75, 3.05) is 0 Å². The molecule has 4 rings (SSSR count).